The van der Waals surface area contributed by atoms with Crippen LogP contribution in [0.25, 0.3) is 0 Å². The maximum Gasteiger partial charge on any atom is 0.233 e. The molecule has 0 aromatic carbocycles. The van der Waals surface area contributed by atoms with E-state index in [1.165, 1.54) is 6.92 Å². The molecule has 2 rings (SSSR count). The Kier molecular flexibility index (Phi) is 4.65. The molecule has 0 radical (unpaired) electrons. The first kappa shape index (κ1) is 14.4. The Morgan fingerprint density at radius 1 is 1.20 bits per heavy atom. The van der Waals surface area contributed by atoms with Crippen LogP contribution in [0.5, 0.6) is 0 Å². The molecule has 1 fully saturated rings. The van der Waals surface area contributed by atoms with Crippen molar-refractivity contribution in [3.8, 4) is 0 Å². The molecule has 0 saturated carbocycles. The molecule has 2 heterocycles. The van der Waals surface area contributed by atoms with E-state index in [-0.39, 0.29) is 11.7 Å². The topological polar surface area (TPSA) is 66.4 Å². The maximum atomic E-state index is 12.3. The van der Waals surface area contributed by atoms with Gasteiger partial charge in [0.15, 0.2) is 0 Å². The second kappa shape index (κ2) is 6.45. The van der Waals surface area contributed by atoms with Crippen molar-refractivity contribution >= 4 is 17.6 Å². The average Bonchev–Trinajstić information content (AvgIpc) is 2.48. The summed E-state index contributed by atoms with van der Waals surface area (Å²) in [6, 6.07) is 1.78. The maximum absolute atomic E-state index is 12.3. The molecule has 1 amide bonds. The van der Waals surface area contributed by atoms with E-state index in [1.807, 2.05) is 6.92 Å². The van der Waals surface area contributed by atoms with E-state index in [4.69, 9.17) is 0 Å². The van der Waals surface area contributed by atoms with E-state index in [1.54, 1.807) is 23.4 Å². The summed E-state index contributed by atoms with van der Waals surface area (Å²) < 4.78 is 0. The smallest absolute Gasteiger partial charge is 0.233 e. The number of piperazine rings is 1. The van der Waals surface area contributed by atoms with Crippen LogP contribution in [-0.4, -0.2) is 52.7 Å². The summed E-state index contributed by atoms with van der Waals surface area (Å²) in [6.45, 7) is 5.98. The largest absolute Gasteiger partial charge is 0.339 e. The number of carbonyl (C=O) groups excluding carboxylic acids is 2. The third kappa shape index (κ3) is 3.12. The quantitative estimate of drug-likeness (QED) is 0.759. The molecule has 6 heteroatoms. The van der Waals surface area contributed by atoms with Crippen LogP contribution in [0.1, 0.15) is 20.3 Å². The van der Waals surface area contributed by atoms with Crippen molar-refractivity contribution in [2.24, 2.45) is 5.92 Å². The number of aromatic nitrogens is 2. The lowest BCUT2D eigenvalue weighted by Crippen LogP contribution is -2.51. The lowest BCUT2D eigenvalue weighted by molar-refractivity contribution is -0.141. The third-order valence-electron chi connectivity index (χ3n) is 3.62. The summed E-state index contributed by atoms with van der Waals surface area (Å²) in [5, 5.41) is 0. The molecule has 0 aliphatic carbocycles. The van der Waals surface area contributed by atoms with E-state index < -0.39 is 5.92 Å². The fraction of sp³-hybridized carbons (Fsp3) is 0.571. The zero-order chi connectivity index (χ0) is 14.5. The summed E-state index contributed by atoms with van der Waals surface area (Å²) in [6.07, 6.45) is 3.99. The van der Waals surface area contributed by atoms with Gasteiger partial charge in [-0.3, -0.25) is 9.59 Å². The summed E-state index contributed by atoms with van der Waals surface area (Å²) in [4.78, 5) is 36.0. The summed E-state index contributed by atoms with van der Waals surface area (Å²) in [5.41, 5.74) is 0. The molecule has 1 aromatic heterocycles. The molecule has 1 aliphatic heterocycles. The molecule has 0 unspecified atom stereocenters. The third-order valence-corrected chi connectivity index (χ3v) is 3.62. The minimum atomic E-state index is -0.491. The number of ketones is 1. The molecule has 6 nitrogen and oxygen atoms in total. The number of hydrogen-bond donors (Lipinski definition) is 0. The van der Waals surface area contributed by atoms with Gasteiger partial charge in [0, 0.05) is 38.6 Å². The van der Waals surface area contributed by atoms with Crippen LogP contribution < -0.4 is 4.90 Å². The number of hydrogen-bond acceptors (Lipinski definition) is 5. The number of anilines is 1. The zero-order valence-corrected chi connectivity index (χ0v) is 12.0. The van der Waals surface area contributed by atoms with Crippen LogP contribution in [0.3, 0.4) is 0 Å². The Morgan fingerprint density at radius 3 is 2.30 bits per heavy atom. The van der Waals surface area contributed by atoms with E-state index >= 15 is 0 Å². The molecule has 0 bridgehead atoms. The highest BCUT2D eigenvalue weighted by Crippen LogP contribution is 2.14. The van der Waals surface area contributed by atoms with E-state index in [2.05, 4.69) is 14.9 Å². The summed E-state index contributed by atoms with van der Waals surface area (Å²) >= 11 is 0. The normalized spacial score (nSPS) is 16.9. The molecular formula is C14H20N4O2. The predicted molar refractivity (Wildman–Crippen MR) is 75.3 cm³/mol. The van der Waals surface area contributed by atoms with Crippen molar-refractivity contribution in [2.75, 3.05) is 31.1 Å². The van der Waals surface area contributed by atoms with Gasteiger partial charge in [-0.15, -0.1) is 0 Å². The highest BCUT2D eigenvalue weighted by Gasteiger charge is 2.29. The predicted octanol–water partition coefficient (Wildman–Crippen LogP) is 0.740. The van der Waals surface area contributed by atoms with Gasteiger partial charge in [-0.05, 0) is 19.4 Å². The standard InChI is InChI=1S/C14H20N4O2/c1-3-12(11(2)19)13(20)17-7-9-18(10-8-17)14-15-5-4-6-16-14/h4-6,12H,3,7-10H2,1-2H3/t12-/m0/s1. The molecule has 1 atom stereocenters. The first-order valence-corrected chi connectivity index (χ1v) is 6.94. The zero-order valence-electron chi connectivity index (χ0n) is 12.0. The molecule has 1 saturated heterocycles. The van der Waals surface area contributed by atoms with Gasteiger partial charge in [0.1, 0.15) is 5.78 Å². The van der Waals surface area contributed by atoms with Crippen LogP contribution >= 0.6 is 0 Å². The van der Waals surface area contributed by atoms with Crippen LogP contribution in [0.2, 0.25) is 0 Å². The van der Waals surface area contributed by atoms with Crippen molar-refractivity contribution in [3.63, 3.8) is 0 Å². The van der Waals surface area contributed by atoms with Gasteiger partial charge in [0.25, 0.3) is 0 Å². The first-order chi connectivity index (χ1) is 9.63. The van der Waals surface area contributed by atoms with Crippen molar-refractivity contribution < 1.29 is 9.59 Å². The fourth-order valence-corrected chi connectivity index (χ4v) is 2.44. The van der Waals surface area contributed by atoms with Crippen LogP contribution in [0.4, 0.5) is 5.95 Å². The SMILES string of the molecule is CC[C@@H](C(C)=O)C(=O)N1CCN(c2ncccn2)CC1. The van der Waals surface area contributed by atoms with Gasteiger partial charge in [-0.1, -0.05) is 6.92 Å². The van der Waals surface area contributed by atoms with E-state index in [0.29, 0.717) is 38.5 Å². The number of amides is 1. The van der Waals surface area contributed by atoms with Crippen molar-refractivity contribution in [2.45, 2.75) is 20.3 Å². The van der Waals surface area contributed by atoms with Gasteiger partial charge < -0.3 is 9.80 Å². The Balaban J connectivity index is 1.94. The Morgan fingerprint density at radius 2 is 1.80 bits per heavy atom. The van der Waals surface area contributed by atoms with Crippen molar-refractivity contribution in [1.29, 1.82) is 0 Å². The van der Waals surface area contributed by atoms with Gasteiger partial charge in [0.2, 0.25) is 11.9 Å². The van der Waals surface area contributed by atoms with E-state index in [9.17, 15) is 9.59 Å². The summed E-state index contributed by atoms with van der Waals surface area (Å²) in [5.74, 6) is 0.104. The Labute approximate surface area is 118 Å². The first-order valence-electron chi connectivity index (χ1n) is 6.94. The lowest BCUT2D eigenvalue weighted by atomic mass is 10.00. The molecule has 20 heavy (non-hydrogen) atoms. The van der Waals surface area contributed by atoms with Gasteiger partial charge in [-0.25, -0.2) is 9.97 Å². The highest BCUT2D eigenvalue weighted by molar-refractivity contribution is 6.00. The molecule has 1 aromatic rings. The second-order valence-corrected chi connectivity index (χ2v) is 4.93. The fourth-order valence-electron chi connectivity index (χ4n) is 2.44. The highest BCUT2D eigenvalue weighted by atomic mass is 16.2. The second-order valence-electron chi connectivity index (χ2n) is 4.93. The molecule has 0 N–H and O–H groups in total. The van der Waals surface area contributed by atoms with Crippen LogP contribution in [-0.2, 0) is 9.59 Å². The Bertz CT molecular complexity index is 469. The van der Waals surface area contributed by atoms with E-state index in [0.717, 1.165) is 0 Å². The Hall–Kier alpha value is -1.98. The van der Waals surface area contributed by atoms with Gasteiger partial charge in [0.05, 0.1) is 5.92 Å². The monoisotopic (exact) mass is 276 g/mol. The van der Waals surface area contributed by atoms with Crippen LogP contribution in [0, 0.1) is 5.92 Å². The minimum Gasteiger partial charge on any atom is -0.339 e. The number of rotatable bonds is 4. The molecule has 108 valence electrons. The number of carbonyl (C=O) groups is 2. The minimum absolute atomic E-state index is 0.0476. The average molecular weight is 276 g/mol. The van der Waals surface area contributed by atoms with Gasteiger partial charge >= 0.3 is 0 Å². The molecule has 1 aliphatic rings. The van der Waals surface area contributed by atoms with Crippen molar-refractivity contribution in [1.82, 2.24) is 14.9 Å². The van der Waals surface area contributed by atoms with Gasteiger partial charge in [-0.2, -0.15) is 0 Å². The lowest BCUT2D eigenvalue weighted by Gasteiger charge is -2.35. The van der Waals surface area contributed by atoms with Crippen molar-refractivity contribution in [3.05, 3.63) is 18.5 Å². The van der Waals surface area contributed by atoms with Crippen LogP contribution in [0.15, 0.2) is 18.5 Å². The molecular weight excluding hydrogens is 256 g/mol. The number of Topliss-reactive ketones (excluding diaryl/α,β-unsaturated/α-hetero) is 1. The molecule has 0 spiro atoms. The summed E-state index contributed by atoms with van der Waals surface area (Å²) in [7, 11) is 0. The number of nitrogens with zero attached hydrogens (tertiary/aromatic N) is 4.